The maximum absolute atomic E-state index is 12.6. The standard InChI is InChI=1S/C24H21ClO/c1-2-12-22(23(25)26)24(19-13-6-3-7-14-19,20-15-8-4-9-16-20)21-17-10-5-11-18-21/h2-11,13-18,22H,1,12H2. The van der Waals surface area contributed by atoms with E-state index in [1.807, 2.05) is 54.6 Å². The van der Waals surface area contributed by atoms with E-state index < -0.39 is 11.3 Å². The van der Waals surface area contributed by atoms with Gasteiger partial charge in [0.15, 0.2) is 0 Å². The molecule has 3 aromatic rings. The van der Waals surface area contributed by atoms with Crippen LogP contribution in [0.4, 0.5) is 0 Å². The van der Waals surface area contributed by atoms with E-state index in [1.54, 1.807) is 6.08 Å². The van der Waals surface area contributed by atoms with Crippen molar-refractivity contribution in [3.05, 3.63) is 120 Å². The molecule has 0 aliphatic heterocycles. The molecule has 3 aromatic carbocycles. The number of hydrogen-bond donors (Lipinski definition) is 0. The zero-order chi connectivity index (χ0) is 18.4. The van der Waals surface area contributed by atoms with Crippen LogP contribution in [0.15, 0.2) is 104 Å². The molecule has 0 radical (unpaired) electrons. The highest BCUT2D eigenvalue weighted by Crippen LogP contribution is 2.47. The Morgan fingerprint density at radius 1 is 0.808 bits per heavy atom. The molecule has 2 heteroatoms. The van der Waals surface area contributed by atoms with Gasteiger partial charge in [0, 0.05) is 0 Å². The van der Waals surface area contributed by atoms with Gasteiger partial charge in [0.2, 0.25) is 5.24 Å². The number of carbonyl (C=O) groups is 1. The molecule has 0 fully saturated rings. The van der Waals surface area contributed by atoms with Gasteiger partial charge in [0.1, 0.15) is 0 Å². The van der Waals surface area contributed by atoms with Gasteiger partial charge in [0.05, 0.1) is 11.3 Å². The number of hydrogen-bond acceptors (Lipinski definition) is 1. The molecule has 1 atom stereocenters. The van der Waals surface area contributed by atoms with Crippen LogP contribution in [0, 0.1) is 5.92 Å². The van der Waals surface area contributed by atoms with Crippen molar-refractivity contribution in [2.45, 2.75) is 11.8 Å². The first kappa shape index (κ1) is 18.2. The Morgan fingerprint density at radius 2 is 1.15 bits per heavy atom. The highest BCUT2D eigenvalue weighted by atomic mass is 35.5. The predicted octanol–water partition coefficient (Wildman–Crippen LogP) is 5.98. The van der Waals surface area contributed by atoms with Gasteiger partial charge >= 0.3 is 0 Å². The lowest BCUT2D eigenvalue weighted by atomic mass is 9.61. The van der Waals surface area contributed by atoms with Crippen molar-refractivity contribution >= 4 is 16.8 Å². The van der Waals surface area contributed by atoms with E-state index in [9.17, 15) is 4.79 Å². The van der Waals surface area contributed by atoms with Crippen molar-refractivity contribution in [3.63, 3.8) is 0 Å². The second kappa shape index (κ2) is 8.16. The highest BCUT2D eigenvalue weighted by Gasteiger charge is 2.46. The smallest absolute Gasteiger partial charge is 0.226 e. The molecule has 0 N–H and O–H groups in total. The minimum absolute atomic E-state index is 0.360. The molecule has 0 heterocycles. The van der Waals surface area contributed by atoms with Crippen LogP contribution in [0.3, 0.4) is 0 Å². The van der Waals surface area contributed by atoms with Crippen molar-refractivity contribution in [1.82, 2.24) is 0 Å². The molecule has 0 spiro atoms. The van der Waals surface area contributed by atoms with Crippen LogP contribution in [-0.2, 0) is 10.2 Å². The number of allylic oxidation sites excluding steroid dienone is 1. The van der Waals surface area contributed by atoms with E-state index in [0.29, 0.717) is 6.42 Å². The summed E-state index contributed by atoms with van der Waals surface area (Å²) < 4.78 is 0. The summed E-state index contributed by atoms with van der Waals surface area (Å²) in [5.41, 5.74) is 2.44. The van der Waals surface area contributed by atoms with Gasteiger partial charge < -0.3 is 0 Å². The summed E-state index contributed by atoms with van der Waals surface area (Å²) in [7, 11) is 0. The second-order valence-corrected chi connectivity index (χ2v) is 6.66. The molecule has 0 saturated carbocycles. The zero-order valence-electron chi connectivity index (χ0n) is 14.5. The monoisotopic (exact) mass is 360 g/mol. The van der Waals surface area contributed by atoms with Gasteiger partial charge in [-0.2, -0.15) is 0 Å². The average Bonchev–Trinajstić information content (AvgIpc) is 2.70. The Bertz CT molecular complexity index is 760. The van der Waals surface area contributed by atoms with Crippen LogP contribution in [0.2, 0.25) is 0 Å². The highest BCUT2D eigenvalue weighted by molar-refractivity contribution is 6.64. The molecule has 1 unspecified atom stereocenters. The number of carbonyl (C=O) groups excluding carboxylic acids is 1. The summed E-state index contributed by atoms with van der Waals surface area (Å²) in [6, 6.07) is 30.3. The van der Waals surface area contributed by atoms with E-state index in [2.05, 4.69) is 43.0 Å². The summed E-state index contributed by atoms with van der Waals surface area (Å²) >= 11 is 6.17. The molecule has 0 aliphatic rings. The number of halogens is 1. The summed E-state index contributed by atoms with van der Waals surface area (Å²) in [4.78, 5) is 12.6. The van der Waals surface area contributed by atoms with E-state index >= 15 is 0 Å². The molecule has 0 saturated heterocycles. The van der Waals surface area contributed by atoms with Crippen LogP contribution in [0.25, 0.3) is 0 Å². The second-order valence-electron chi connectivity index (χ2n) is 6.29. The molecule has 130 valence electrons. The van der Waals surface area contributed by atoms with Gasteiger partial charge in [-0.15, -0.1) is 6.58 Å². The topological polar surface area (TPSA) is 17.1 Å². The molecule has 0 aromatic heterocycles. The van der Waals surface area contributed by atoms with Gasteiger partial charge in [-0.25, -0.2) is 0 Å². The Hall–Kier alpha value is -2.64. The van der Waals surface area contributed by atoms with Crippen molar-refractivity contribution < 1.29 is 4.79 Å². The molecule has 26 heavy (non-hydrogen) atoms. The molecule has 3 rings (SSSR count). The van der Waals surface area contributed by atoms with E-state index in [0.717, 1.165) is 16.7 Å². The summed E-state index contributed by atoms with van der Waals surface area (Å²) in [5, 5.41) is -0.360. The fraction of sp³-hybridized carbons (Fsp3) is 0.125. The molecule has 0 amide bonds. The van der Waals surface area contributed by atoms with E-state index in [1.165, 1.54) is 0 Å². The number of rotatable bonds is 7. The van der Waals surface area contributed by atoms with Crippen molar-refractivity contribution in [2.75, 3.05) is 0 Å². The molecule has 0 aliphatic carbocycles. The first-order chi connectivity index (χ1) is 12.7. The predicted molar refractivity (Wildman–Crippen MR) is 108 cm³/mol. The zero-order valence-corrected chi connectivity index (χ0v) is 15.3. The van der Waals surface area contributed by atoms with Gasteiger partial charge in [-0.3, -0.25) is 4.79 Å². The Morgan fingerprint density at radius 3 is 1.42 bits per heavy atom. The maximum Gasteiger partial charge on any atom is 0.226 e. The summed E-state index contributed by atoms with van der Waals surface area (Å²) in [5.74, 6) is -0.464. The van der Waals surface area contributed by atoms with E-state index in [4.69, 9.17) is 11.6 Å². The lowest BCUT2D eigenvalue weighted by Gasteiger charge is -2.41. The third-order valence-electron chi connectivity index (χ3n) is 4.89. The van der Waals surface area contributed by atoms with Crippen LogP contribution in [-0.4, -0.2) is 5.24 Å². The largest absolute Gasteiger partial charge is 0.281 e. The lowest BCUT2D eigenvalue weighted by molar-refractivity contribution is -0.116. The average molecular weight is 361 g/mol. The Kier molecular flexibility index (Phi) is 5.70. The Balaban J connectivity index is 2.42. The van der Waals surface area contributed by atoms with Crippen LogP contribution >= 0.6 is 11.6 Å². The molecule has 1 nitrogen and oxygen atoms in total. The van der Waals surface area contributed by atoms with Gasteiger partial charge in [-0.1, -0.05) is 97.1 Å². The maximum atomic E-state index is 12.6. The van der Waals surface area contributed by atoms with Crippen LogP contribution in [0.1, 0.15) is 23.1 Å². The van der Waals surface area contributed by atoms with Gasteiger partial charge in [0.25, 0.3) is 0 Å². The third kappa shape index (κ3) is 3.23. The normalized spacial score (nSPS) is 12.3. The van der Waals surface area contributed by atoms with Crippen LogP contribution < -0.4 is 0 Å². The minimum Gasteiger partial charge on any atom is -0.281 e. The van der Waals surface area contributed by atoms with Crippen molar-refractivity contribution in [2.24, 2.45) is 5.92 Å². The minimum atomic E-state index is -0.684. The first-order valence-electron chi connectivity index (χ1n) is 8.68. The number of benzene rings is 3. The summed E-state index contributed by atoms with van der Waals surface area (Å²) in [6.45, 7) is 3.87. The molecule has 0 bridgehead atoms. The SMILES string of the molecule is C=CCC(C(=O)Cl)C(c1ccccc1)(c1ccccc1)c1ccccc1. The fourth-order valence-electron chi connectivity index (χ4n) is 3.81. The first-order valence-corrected chi connectivity index (χ1v) is 9.06. The molecular weight excluding hydrogens is 340 g/mol. The van der Waals surface area contributed by atoms with Crippen LogP contribution in [0.5, 0.6) is 0 Å². The quantitative estimate of drug-likeness (QED) is 0.288. The van der Waals surface area contributed by atoms with E-state index in [-0.39, 0.29) is 5.24 Å². The molecular formula is C24H21ClO. The summed E-state index contributed by atoms with van der Waals surface area (Å²) in [6.07, 6.45) is 2.26. The van der Waals surface area contributed by atoms with Crippen molar-refractivity contribution in [3.8, 4) is 0 Å². The van der Waals surface area contributed by atoms with Gasteiger partial charge in [-0.05, 0) is 34.7 Å². The Labute approximate surface area is 160 Å². The van der Waals surface area contributed by atoms with Crippen molar-refractivity contribution in [1.29, 1.82) is 0 Å². The lowest BCUT2D eigenvalue weighted by Crippen LogP contribution is -2.40. The fourth-order valence-corrected chi connectivity index (χ4v) is 4.07. The third-order valence-corrected chi connectivity index (χ3v) is 5.15.